The molecule has 1 amide bonds. The fourth-order valence-electron chi connectivity index (χ4n) is 3.38. The Morgan fingerprint density at radius 3 is 2.19 bits per heavy atom. The highest BCUT2D eigenvalue weighted by Crippen LogP contribution is 2.34. The quantitative estimate of drug-likeness (QED) is 0.504. The van der Waals surface area contributed by atoms with Gasteiger partial charge in [-0.05, 0) is 31.2 Å². The first kappa shape index (κ1) is 27.8. The van der Waals surface area contributed by atoms with Crippen LogP contribution in [0.4, 0.5) is 32.2 Å². The number of anilines is 1. The van der Waals surface area contributed by atoms with E-state index in [1.165, 1.54) is 4.90 Å². The van der Waals surface area contributed by atoms with Crippen molar-refractivity contribution in [2.24, 2.45) is 0 Å². The Morgan fingerprint density at radius 1 is 1.08 bits per heavy atom. The molecule has 0 bridgehead atoms. The largest absolute Gasteiger partial charge is 0.480 e. The van der Waals surface area contributed by atoms with Crippen LogP contribution in [0.2, 0.25) is 5.02 Å². The van der Waals surface area contributed by atoms with Crippen LogP contribution >= 0.6 is 11.6 Å². The average Bonchev–Trinajstić information content (AvgIpc) is 2.77. The maximum Gasteiger partial charge on any atom is 0.425 e. The summed E-state index contributed by atoms with van der Waals surface area (Å²) in [5, 5.41) is -0.234. The molecular weight excluding hydrogens is 540 g/mol. The summed E-state index contributed by atoms with van der Waals surface area (Å²) in [6.45, 7) is 0.970. The van der Waals surface area contributed by atoms with Crippen molar-refractivity contribution in [1.29, 1.82) is 0 Å². The molecule has 1 aliphatic rings. The van der Waals surface area contributed by atoms with E-state index in [9.17, 15) is 39.6 Å². The van der Waals surface area contributed by atoms with Crippen LogP contribution in [-0.4, -0.2) is 68.9 Å². The molecule has 2 aromatic rings. The zero-order chi connectivity index (χ0) is 27.1. The number of amides is 1. The zero-order valence-corrected chi connectivity index (χ0v) is 20.4. The molecule has 0 spiro atoms. The minimum atomic E-state index is -4.73. The van der Waals surface area contributed by atoms with Gasteiger partial charge in [-0.2, -0.15) is 26.3 Å². The number of benzene rings is 1. The molecule has 1 atom stereocenters. The molecule has 1 saturated heterocycles. The highest BCUT2D eigenvalue weighted by atomic mass is 35.5. The second kappa shape index (κ2) is 9.96. The standard InChI is InChI=1S/C21H20ClF6N3O4S/c1-12(20(23,24)25)35-17-4-3-14(36(2,33)34)10-15(17)19(32)31-7-5-30(6-8-31)18-16(22)9-13(11-29-18)21(26,27)28/h3-4,9-12H,5-8H2,1-2H3/t12-/m0/s1. The van der Waals surface area contributed by atoms with E-state index in [1.807, 2.05) is 0 Å². The van der Waals surface area contributed by atoms with Crippen LogP contribution in [-0.2, 0) is 16.0 Å². The average molecular weight is 560 g/mol. The second-order valence-electron chi connectivity index (χ2n) is 8.04. The van der Waals surface area contributed by atoms with Crippen LogP contribution in [0.1, 0.15) is 22.8 Å². The molecule has 36 heavy (non-hydrogen) atoms. The summed E-state index contributed by atoms with van der Waals surface area (Å²) in [6, 6.07) is 3.73. The van der Waals surface area contributed by atoms with Gasteiger partial charge in [0.1, 0.15) is 11.6 Å². The second-order valence-corrected chi connectivity index (χ2v) is 10.5. The van der Waals surface area contributed by atoms with Crippen LogP contribution < -0.4 is 9.64 Å². The summed E-state index contributed by atoms with van der Waals surface area (Å²) >= 11 is 5.98. The van der Waals surface area contributed by atoms with E-state index in [1.54, 1.807) is 4.90 Å². The van der Waals surface area contributed by atoms with E-state index >= 15 is 0 Å². The van der Waals surface area contributed by atoms with E-state index in [2.05, 4.69) is 4.98 Å². The Morgan fingerprint density at radius 2 is 1.69 bits per heavy atom. The third-order valence-corrected chi connectivity index (χ3v) is 6.78. The molecule has 15 heteroatoms. The summed E-state index contributed by atoms with van der Waals surface area (Å²) < 4.78 is 106. The van der Waals surface area contributed by atoms with E-state index in [-0.39, 0.29) is 47.5 Å². The van der Waals surface area contributed by atoms with Gasteiger partial charge in [0.2, 0.25) is 0 Å². The first-order valence-electron chi connectivity index (χ1n) is 10.3. The molecule has 1 aromatic heterocycles. The van der Waals surface area contributed by atoms with E-state index < -0.39 is 45.5 Å². The Kier molecular flexibility index (Phi) is 7.70. The van der Waals surface area contributed by atoms with Crippen molar-refractivity contribution in [3.63, 3.8) is 0 Å². The SMILES string of the molecule is C[C@H](Oc1ccc(S(C)(=O)=O)cc1C(=O)N1CCN(c2ncc(C(F)(F)F)cc2Cl)CC1)C(F)(F)F. The van der Waals surface area contributed by atoms with Gasteiger partial charge in [0.15, 0.2) is 15.9 Å². The van der Waals surface area contributed by atoms with Crippen LogP contribution in [0.15, 0.2) is 35.4 Å². The number of pyridine rings is 1. The first-order valence-corrected chi connectivity index (χ1v) is 12.6. The number of alkyl halides is 6. The lowest BCUT2D eigenvalue weighted by Crippen LogP contribution is -2.49. The van der Waals surface area contributed by atoms with Gasteiger partial charge in [0.25, 0.3) is 5.91 Å². The summed E-state index contributed by atoms with van der Waals surface area (Å²) in [7, 11) is -3.79. The van der Waals surface area contributed by atoms with Gasteiger partial charge in [0, 0.05) is 38.6 Å². The third-order valence-electron chi connectivity index (χ3n) is 5.39. The van der Waals surface area contributed by atoms with Crippen molar-refractivity contribution < 1.29 is 44.3 Å². The molecular formula is C21H20ClF6N3O4S. The van der Waals surface area contributed by atoms with Gasteiger partial charge in [-0.15, -0.1) is 0 Å². The molecule has 0 radical (unpaired) electrons. The summed E-state index contributed by atoms with van der Waals surface area (Å²) in [4.78, 5) is 19.5. The first-order chi connectivity index (χ1) is 16.5. The highest BCUT2D eigenvalue weighted by molar-refractivity contribution is 7.90. The van der Waals surface area contributed by atoms with Crippen molar-refractivity contribution in [2.45, 2.75) is 30.3 Å². The Bertz CT molecular complexity index is 1250. The number of nitrogens with zero attached hydrogens (tertiary/aromatic N) is 3. The maximum atomic E-state index is 13.2. The number of ether oxygens (including phenoxy) is 1. The number of halogens is 7. The molecule has 3 rings (SSSR count). The van der Waals surface area contributed by atoms with Gasteiger partial charge < -0.3 is 14.5 Å². The number of aromatic nitrogens is 1. The molecule has 2 heterocycles. The number of carbonyl (C=O) groups is 1. The zero-order valence-electron chi connectivity index (χ0n) is 18.8. The van der Waals surface area contributed by atoms with E-state index in [0.717, 1.165) is 37.4 Å². The topological polar surface area (TPSA) is 79.8 Å². The minimum Gasteiger partial charge on any atom is -0.480 e. The molecule has 1 aliphatic heterocycles. The number of piperazine rings is 1. The smallest absolute Gasteiger partial charge is 0.425 e. The van der Waals surface area contributed by atoms with Gasteiger partial charge in [0.05, 0.1) is 21.0 Å². The normalized spacial score (nSPS) is 16.1. The molecule has 1 aromatic carbocycles. The maximum absolute atomic E-state index is 13.2. The molecule has 1 fully saturated rings. The number of hydrogen-bond donors (Lipinski definition) is 0. The highest BCUT2D eigenvalue weighted by Gasteiger charge is 2.39. The number of hydrogen-bond acceptors (Lipinski definition) is 6. The van der Waals surface area contributed by atoms with Crippen LogP contribution in [0, 0.1) is 0 Å². The van der Waals surface area contributed by atoms with Gasteiger partial charge in [-0.25, -0.2) is 13.4 Å². The molecule has 0 unspecified atom stereocenters. The van der Waals surface area contributed by atoms with E-state index in [4.69, 9.17) is 16.3 Å². The fourth-order valence-corrected chi connectivity index (χ4v) is 4.31. The van der Waals surface area contributed by atoms with Crippen molar-refractivity contribution in [3.05, 3.63) is 46.6 Å². The number of sulfone groups is 1. The summed E-state index contributed by atoms with van der Waals surface area (Å²) in [5.41, 5.74) is -1.38. The predicted octanol–water partition coefficient (Wildman–Crippen LogP) is 4.45. The Hall–Kier alpha value is -2.74. The van der Waals surface area contributed by atoms with Crippen molar-refractivity contribution in [2.75, 3.05) is 37.3 Å². The summed E-state index contributed by atoms with van der Waals surface area (Å²) in [5.74, 6) is -1.12. The Balaban J connectivity index is 1.82. The van der Waals surface area contributed by atoms with Crippen LogP contribution in [0.25, 0.3) is 0 Å². The van der Waals surface area contributed by atoms with E-state index in [0.29, 0.717) is 6.20 Å². The van der Waals surface area contributed by atoms with Crippen molar-refractivity contribution in [3.8, 4) is 5.75 Å². The van der Waals surface area contributed by atoms with Crippen molar-refractivity contribution in [1.82, 2.24) is 9.88 Å². The fraction of sp³-hybridized carbons (Fsp3) is 0.429. The lowest BCUT2D eigenvalue weighted by atomic mass is 10.1. The van der Waals surface area contributed by atoms with Gasteiger partial charge >= 0.3 is 12.4 Å². The molecule has 0 N–H and O–H groups in total. The third kappa shape index (κ3) is 6.33. The Labute approximate surface area is 207 Å². The van der Waals surface area contributed by atoms with Crippen molar-refractivity contribution >= 4 is 33.2 Å². The molecule has 0 aliphatic carbocycles. The predicted molar refractivity (Wildman–Crippen MR) is 118 cm³/mol. The lowest BCUT2D eigenvalue weighted by Gasteiger charge is -2.36. The number of rotatable bonds is 5. The van der Waals surface area contributed by atoms with Gasteiger partial charge in [-0.3, -0.25) is 4.79 Å². The molecule has 7 nitrogen and oxygen atoms in total. The summed E-state index contributed by atoms with van der Waals surface area (Å²) in [6.07, 6.45) is -10.1. The molecule has 198 valence electrons. The lowest BCUT2D eigenvalue weighted by molar-refractivity contribution is -0.189. The van der Waals surface area contributed by atoms with Gasteiger partial charge in [-0.1, -0.05) is 11.6 Å². The van der Waals surface area contributed by atoms with Crippen LogP contribution in [0.5, 0.6) is 5.75 Å². The number of carbonyl (C=O) groups excluding carboxylic acids is 1. The van der Waals surface area contributed by atoms with Crippen LogP contribution in [0.3, 0.4) is 0 Å². The molecule has 0 saturated carbocycles. The monoisotopic (exact) mass is 559 g/mol. The minimum absolute atomic E-state index is 0.00916.